The summed E-state index contributed by atoms with van der Waals surface area (Å²) < 4.78 is 17.9. The van der Waals surface area contributed by atoms with E-state index >= 15 is 0 Å². The van der Waals surface area contributed by atoms with Gasteiger partial charge in [0.15, 0.2) is 6.61 Å². The van der Waals surface area contributed by atoms with Crippen LogP contribution in [0.5, 0.6) is 0 Å². The average molecular weight is 356 g/mol. The van der Waals surface area contributed by atoms with Crippen molar-refractivity contribution in [3.63, 3.8) is 0 Å². The largest absolute Gasteiger partial charge is 0.452 e. The maximum Gasteiger partial charge on any atom is 0.338 e. The first kappa shape index (κ1) is 17.2. The van der Waals surface area contributed by atoms with Crippen molar-refractivity contribution in [2.45, 2.75) is 6.92 Å². The standard InChI is InChI=1S/C16H12Cl2FNO3/c1-9-2-4-11(7-12(9)17)20-15(21)8-23-16(22)10-3-5-14(19)13(18)6-10/h2-7H,8H2,1H3,(H,20,21). The van der Waals surface area contributed by atoms with Gasteiger partial charge in [0, 0.05) is 10.7 Å². The highest BCUT2D eigenvalue weighted by Crippen LogP contribution is 2.20. The Bertz CT molecular complexity index is 765. The van der Waals surface area contributed by atoms with Gasteiger partial charge in [0.1, 0.15) is 5.82 Å². The third kappa shape index (κ3) is 4.68. The maximum atomic E-state index is 13.0. The van der Waals surface area contributed by atoms with Crippen molar-refractivity contribution in [2.75, 3.05) is 11.9 Å². The maximum absolute atomic E-state index is 13.0. The lowest BCUT2D eigenvalue weighted by atomic mass is 10.2. The molecule has 4 nitrogen and oxygen atoms in total. The zero-order chi connectivity index (χ0) is 17.0. The van der Waals surface area contributed by atoms with Gasteiger partial charge in [-0.25, -0.2) is 9.18 Å². The van der Waals surface area contributed by atoms with Crippen LogP contribution in [-0.2, 0) is 9.53 Å². The molecule has 0 aromatic heterocycles. The molecule has 0 atom stereocenters. The molecule has 0 saturated heterocycles. The molecular formula is C16H12Cl2FNO3. The molecule has 2 rings (SSSR count). The monoisotopic (exact) mass is 355 g/mol. The van der Waals surface area contributed by atoms with Gasteiger partial charge < -0.3 is 10.1 Å². The van der Waals surface area contributed by atoms with Crippen LogP contribution in [0.2, 0.25) is 10.0 Å². The number of carbonyl (C=O) groups is 2. The number of aryl methyl sites for hydroxylation is 1. The number of halogens is 3. The Hall–Kier alpha value is -2.11. The second kappa shape index (κ2) is 7.44. The number of hydrogen-bond acceptors (Lipinski definition) is 3. The molecule has 2 aromatic carbocycles. The number of hydrogen-bond donors (Lipinski definition) is 1. The van der Waals surface area contributed by atoms with Gasteiger partial charge in [0.2, 0.25) is 0 Å². The van der Waals surface area contributed by atoms with E-state index in [4.69, 9.17) is 27.9 Å². The van der Waals surface area contributed by atoms with Crippen molar-refractivity contribution in [3.05, 3.63) is 63.4 Å². The first-order chi connectivity index (χ1) is 10.9. The van der Waals surface area contributed by atoms with Crippen molar-refractivity contribution < 1.29 is 18.7 Å². The summed E-state index contributed by atoms with van der Waals surface area (Å²) in [7, 11) is 0. The highest BCUT2D eigenvalue weighted by Gasteiger charge is 2.12. The molecule has 0 bridgehead atoms. The topological polar surface area (TPSA) is 55.4 Å². The molecule has 0 heterocycles. The van der Waals surface area contributed by atoms with E-state index < -0.39 is 24.3 Å². The van der Waals surface area contributed by atoms with Gasteiger partial charge in [-0.15, -0.1) is 0 Å². The Morgan fingerprint density at radius 2 is 1.87 bits per heavy atom. The van der Waals surface area contributed by atoms with Crippen LogP contribution < -0.4 is 5.32 Å². The minimum atomic E-state index is -0.774. The van der Waals surface area contributed by atoms with Gasteiger partial charge in [-0.05, 0) is 42.8 Å². The van der Waals surface area contributed by atoms with Crippen LogP contribution in [0.3, 0.4) is 0 Å². The lowest BCUT2D eigenvalue weighted by Gasteiger charge is -2.08. The molecule has 0 saturated carbocycles. The van der Waals surface area contributed by atoms with E-state index in [0.29, 0.717) is 10.7 Å². The SMILES string of the molecule is Cc1ccc(NC(=O)COC(=O)c2ccc(F)c(Cl)c2)cc1Cl. The van der Waals surface area contributed by atoms with E-state index in [0.717, 1.165) is 17.7 Å². The Morgan fingerprint density at radius 3 is 2.52 bits per heavy atom. The van der Waals surface area contributed by atoms with Crippen molar-refractivity contribution in [1.29, 1.82) is 0 Å². The fraction of sp³-hybridized carbons (Fsp3) is 0.125. The van der Waals surface area contributed by atoms with E-state index in [1.165, 1.54) is 6.07 Å². The predicted octanol–water partition coefficient (Wildman–Crippen LogP) is 4.24. The lowest BCUT2D eigenvalue weighted by molar-refractivity contribution is -0.119. The van der Waals surface area contributed by atoms with E-state index in [2.05, 4.69) is 5.32 Å². The van der Waals surface area contributed by atoms with E-state index in [9.17, 15) is 14.0 Å². The summed E-state index contributed by atoms with van der Waals surface area (Å²) in [6, 6.07) is 8.44. The fourth-order valence-electron chi connectivity index (χ4n) is 1.71. The van der Waals surface area contributed by atoms with Crippen LogP contribution >= 0.6 is 23.2 Å². The molecule has 23 heavy (non-hydrogen) atoms. The van der Waals surface area contributed by atoms with Crippen LogP contribution in [0.25, 0.3) is 0 Å². The molecule has 0 aliphatic rings. The van der Waals surface area contributed by atoms with Crippen LogP contribution in [-0.4, -0.2) is 18.5 Å². The third-order valence-electron chi connectivity index (χ3n) is 2.95. The Labute approximate surface area is 142 Å². The molecule has 1 amide bonds. The molecule has 0 radical (unpaired) electrons. The smallest absolute Gasteiger partial charge is 0.338 e. The Morgan fingerprint density at radius 1 is 1.13 bits per heavy atom. The molecule has 2 aromatic rings. The zero-order valence-corrected chi connectivity index (χ0v) is 13.5. The summed E-state index contributed by atoms with van der Waals surface area (Å²) in [6.45, 7) is 1.35. The van der Waals surface area contributed by atoms with Crippen LogP contribution in [0.1, 0.15) is 15.9 Å². The van der Waals surface area contributed by atoms with Crippen molar-refractivity contribution in [3.8, 4) is 0 Å². The number of anilines is 1. The summed E-state index contributed by atoms with van der Waals surface area (Å²) in [4.78, 5) is 23.5. The quantitative estimate of drug-likeness (QED) is 0.834. The molecule has 0 unspecified atom stereocenters. The van der Waals surface area contributed by atoms with Gasteiger partial charge in [-0.2, -0.15) is 0 Å². The predicted molar refractivity (Wildman–Crippen MR) is 86.5 cm³/mol. The van der Waals surface area contributed by atoms with Gasteiger partial charge in [0.25, 0.3) is 5.91 Å². The van der Waals surface area contributed by atoms with Gasteiger partial charge in [-0.1, -0.05) is 29.3 Å². The number of benzene rings is 2. The summed E-state index contributed by atoms with van der Waals surface area (Å²) >= 11 is 11.5. The normalized spacial score (nSPS) is 10.3. The van der Waals surface area contributed by atoms with Crippen LogP contribution in [0.4, 0.5) is 10.1 Å². The van der Waals surface area contributed by atoms with Crippen LogP contribution in [0, 0.1) is 12.7 Å². The van der Waals surface area contributed by atoms with Crippen LogP contribution in [0.15, 0.2) is 36.4 Å². The van der Waals surface area contributed by atoms with E-state index in [-0.39, 0.29) is 10.6 Å². The second-order valence-corrected chi connectivity index (χ2v) is 5.53. The fourth-order valence-corrected chi connectivity index (χ4v) is 2.07. The summed E-state index contributed by atoms with van der Waals surface area (Å²) in [5, 5.41) is 2.87. The number of rotatable bonds is 4. The molecule has 0 spiro atoms. The minimum Gasteiger partial charge on any atom is -0.452 e. The van der Waals surface area contributed by atoms with Crippen molar-refractivity contribution >= 4 is 40.8 Å². The minimum absolute atomic E-state index is 0.0579. The molecular weight excluding hydrogens is 344 g/mol. The van der Waals surface area contributed by atoms with E-state index in [1.54, 1.807) is 18.2 Å². The van der Waals surface area contributed by atoms with Crippen molar-refractivity contribution in [1.82, 2.24) is 0 Å². The lowest BCUT2D eigenvalue weighted by Crippen LogP contribution is -2.21. The van der Waals surface area contributed by atoms with Gasteiger partial charge in [-0.3, -0.25) is 4.79 Å². The average Bonchev–Trinajstić information content (AvgIpc) is 2.51. The second-order valence-electron chi connectivity index (χ2n) is 4.72. The molecule has 0 aliphatic heterocycles. The Balaban J connectivity index is 1.91. The third-order valence-corrected chi connectivity index (χ3v) is 3.64. The Kier molecular flexibility index (Phi) is 5.58. The molecule has 0 aliphatic carbocycles. The molecule has 1 N–H and O–H groups in total. The zero-order valence-electron chi connectivity index (χ0n) is 12.0. The highest BCUT2D eigenvalue weighted by atomic mass is 35.5. The van der Waals surface area contributed by atoms with Gasteiger partial charge >= 0.3 is 5.97 Å². The molecule has 7 heteroatoms. The first-order valence-corrected chi connectivity index (χ1v) is 7.30. The van der Waals surface area contributed by atoms with Crippen molar-refractivity contribution in [2.24, 2.45) is 0 Å². The summed E-state index contributed by atoms with van der Waals surface area (Å²) in [6.07, 6.45) is 0. The molecule has 0 fully saturated rings. The number of amides is 1. The van der Waals surface area contributed by atoms with E-state index in [1.807, 2.05) is 6.92 Å². The number of ether oxygens (including phenoxy) is 1. The number of nitrogens with one attached hydrogen (secondary N) is 1. The first-order valence-electron chi connectivity index (χ1n) is 6.55. The number of carbonyl (C=O) groups excluding carboxylic acids is 2. The summed E-state index contributed by atoms with van der Waals surface area (Å²) in [5.41, 5.74) is 1.43. The highest BCUT2D eigenvalue weighted by molar-refractivity contribution is 6.31. The van der Waals surface area contributed by atoms with Gasteiger partial charge in [0.05, 0.1) is 10.6 Å². The molecule has 120 valence electrons. The number of esters is 1. The summed E-state index contributed by atoms with van der Waals surface area (Å²) in [5.74, 6) is -1.94.